The van der Waals surface area contributed by atoms with Crippen LogP contribution in [0.1, 0.15) is 0 Å². The van der Waals surface area contributed by atoms with Gasteiger partial charge in [-0.15, -0.1) is 0 Å². The fraction of sp³-hybridized carbons (Fsp3) is 0.231. The third-order valence-corrected chi connectivity index (χ3v) is 3.36. The largest absolute Gasteiger partial charge is 0.395 e. The lowest BCUT2D eigenvalue weighted by molar-refractivity contribution is 0.304. The molecule has 2 aromatic rings. The van der Waals surface area contributed by atoms with E-state index in [1.807, 2.05) is 48.3 Å². The number of hydrogen-bond acceptors (Lipinski definition) is 5. The smallest absolute Gasteiger partial charge is 0.132 e. The van der Waals surface area contributed by atoms with Crippen LogP contribution in [0.3, 0.4) is 0 Å². The van der Waals surface area contributed by atoms with Gasteiger partial charge in [-0.25, -0.2) is 9.97 Å². The molecule has 0 aliphatic rings. The van der Waals surface area contributed by atoms with Crippen molar-refractivity contribution >= 4 is 17.6 Å². The third-order valence-electron chi connectivity index (χ3n) is 2.42. The lowest BCUT2D eigenvalue weighted by Crippen LogP contribution is -2.22. The highest BCUT2D eigenvalue weighted by Crippen LogP contribution is 2.26. The van der Waals surface area contributed by atoms with Crippen LogP contribution in [-0.4, -0.2) is 35.3 Å². The molecule has 1 heterocycles. The number of aliphatic hydroxyl groups is 1. The topological polar surface area (TPSA) is 49.2 Å². The van der Waals surface area contributed by atoms with E-state index in [-0.39, 0.29) is 6.61 Å². The predicted molar refractivity (Wildman–Crippen MR) is 73.0 cm³/mol. The molecular weight excluding hydrogens is 246 g/mol. The molecule has 94 valence electrons. The normalized spacial score (nSPS) is 10.3. The van der Waals surface area contributed by atoms with Gasteiger partial charge in [0.2, 0.25) is 0 Å². The number of aromatic nitrogens is 2. The fourth-order valence-electron chi connectivity index (χ4n) is 1.47. The molecule has 0 bridgehead atoms. The number of nitrogens with zero attached hydrogens (tertiary/aromatic N) is 3. The Bertz CT molecular complexity index is 493. The summed E-state index contributed by atoms with van der Waals surface area (Å²) in [5.41, 5.74) is 0. The average molecular weight is 261 g/mol. The number of rotatable bonds is 5. The van der Waals surface area contributed by atoms with Gasteiger partial charge >= 0.3 is 0 Å². The van der Waals surface area contributed by atoms with Crippen molar-refractivity contribution in [1.29, 1.82) is 0 Å². The highest BCUT2D eigenvalue weighted by atomic mass is 32.2. The van der Waals surface area contributed by atoms with Crippen molar-refractivity contribution < 1.29 is 5.11 Å². The maximum Gasteiger partial charge on any atom is 0.132 e. The number of likely N-dealkylation sites (N-methyl/N-ethyl adjacent to an activating group) is 1. The molecule has 2 rings (SSSR count). The molecular formula is C13H15N3OS. The fourth-order valence-corrected chi connectivity index (χ4v) is 2.27. The molecule has 4 nitrogen and oxygen atoms in total. The molecule has 0 saturated heterocycles. The van der Waals surface area contributed by atoms with Gasteiger partial charge in [0.15, 0.2) is 0 Å². The maximum absolute atomic E-state index is 8.91. The Morgan fingerprint density at radius 3 is 2.72 bits per heavy atom. The van der Waals surface area contributed by atoms with Crippen molar-refractivity contribution in [1.82, 2.24) is 9.97 Å². The molecule has 0 aliphatic carbocycles. The molecule has 1 aromatic carbocycles. The van der Waals surface area contributed by atoms with Crippen molar-refractivity contribution in [3.8, 4) is 0 Å². The van der Waals surface area contributed by atoms with Crippen LogP contribution in [0.25, 0.3) is 0 Å². The molecule has 0 radical (unpaired) electrons. The highest BCUT2D eigenvalue weighted by Gasteiger charge is 2.05. The summed E-state index contributed by atoms with van der Waals surface area (Å²) in [6.45, 7) is 0.675. The first kappa shape index (κ1) is 12.9. The standard InChI is InChI=1S/C13H15N3OS/c1-16(7-8-17)12-9-13(15-10-14-12)18-11-5-3-2-4-6-11/h2-6,9-10,17H,7-8H2,1H3. The van der Waals surface area contributed by atoms with Crippen molar-refractivity contribution in [3.63, 3.8) is 0 Å². The number of benzene rings is 1. The van der Waals surface area contributed by atoms with Crippen molar-refractivity contribution in [2.24, 2.45) is 0 Å². The second-order valence-electron chi connectivity index (χ2n) is 3.77. The molecule has 1 N–H and O–H groups in total. The van der Waals surface area contributed by atoms with Gasteiger partial charge in [-0.2, -0.15) is 0 Å². The Kier molecular flexibility index (Phi) is 4.55. The van der Waals surface area contributed by atoms with E-state index in [1.165, 1.54) is 0 Å². The second kappa shape index (κ2) is 6.37. The third kappa shape index (κ3) is 3.45. The second-order valence-corrected chi connectivity index (χ2v) is 4.87. The van der Waals surface area contributed by atoms with E-state index in [0.717, 1.165) is 15.7 Å². The molecule has 0 spiro atoms. The first-order valence-electron chi connectivity index (χ1n) is 5.66. The van der Waals surface area contributed by atoms with Crippen LogP contribution in [0, 0.1) is 0 Å². The minimum atomic E-state index is 0.113. The summed E-state index contributed by atoms with van der Waals surface area (Å²) in [7, 11) is 1.90. The van der Waals surface area contributed by atoms with Gasteiger partial charge in [-0.1, -0.05) is 30.0 Å². The molecule has 0 atom stereocenters. The van der Waals surface area contributed by atoms with Crippen LogP contribution in [0.2, 0.25) is 0 Å². The van der Waals surface area contributed by atoms with Crippen molar-refractivity contribution in [2.45, 2.75) is 9.92 Å². The molecule has 0 saturated carbocycles. The lowest BCUT2D eigenvalue weighted by atomic mass is 10.4. The zero-order valence-corrected chi connectivity index (χ0v) is 11.0. The Labute approximate surface area is 111 Å². The molecule has 0 fully saturated rings. The van der Waals surface area contributed by atoms with Crippen LogP contribution in [-0.2, 0) is 0 Å². The van der Waals surface area contributed by atoms with Gasteiger partial charge < -0.3 is 10.0 Å². The van der Waals surface area contributed by atoms with Crippen LogP contribution in [0.5, 0.6) is 0 Å². The summed E-state index contributed by atoms with van der Waals surface area (Å²) >= 11 is 1.60. The van der Waals surface area contributed by atoms with Gasteiger partial charge in [0.1, 0.15) is 17.2 Å². The SMILES string of the molecule is CN(CCO)c1cc(Sc2ccccc2)ncn1. The Morgan fingerprint density at radius 1 is 1.22 bits per heavy atom. The van der Waals surface area contributed by atoms with Gasteiger partial charge in [-0.05, 0) is 12.1 Å². The summed E-state index contributed by atoms with van der Waals surface area (Å²) in [4.78, 5) is 11.5. The highest BCUT2D eigenvalue weighted by molar-refractivity contribution is 7.99. The van der Waals surface area contributed by atoms with Gasteiger partial charge in [-0.3, -0.25) is 0 Å². The van der Waals surface area contributed by atoms with Crippen LogP contribution < -0.4 is 4.90 Å². The zero-order valence-electron chi connectivity index (χ0n) is 10.2. The van der Waals surface area contributed by atoms with Crippen LogP contribution in [0.4, 0.5) is 5.82 Å². The Morgan fingerprint density at radius 2 is 2.00 bits per heavy atom. The maximum atomic E-state index is 8.91. The number of aliphatic hydroxyl groups excluding tert-OH is 1. The van der Waals surface area contributed by atoms with Crippen molar-refractivity contribution in [2.75, 3.05) is 25.1 Å². The summed E-state index contributed by atoms with van der Waals surface area (Å²) in [6.07, 6.45) is 1.55. The summed E-state index contributed by atoms with van der Waals surface area (Å²) < 4.78 is 0. The quantitative estimate of drug-likeness (QED) is 0.835. The van der Waals surface area contributed by atoms with E-state index in [4.69, 9.17) is 5.11 Å². The monoisotopic (exact) mass is 261 g/mol. The van der Waals surface area contributed by atoms with E-state index in [2.05, 4.69) is 9.97 Å². The van der Waals surface area contributed by atoms with E-state index in [0.29, 0.717) is 6.54 Å². The van der Waals surface area contributed by atoms with E-state index in [1.54, 1.807) is 18.1 Å². The molecule has 18 heavy (non-hydrogen) atoms. The van der Waals surface area contributed by atoms with Crippen LogP contribution in [0.15, 0.2) is 52.6 Å². The summed E-state index contributed by atoms with van der Waals surface area (Å²) in [5.74, 6) is 0.817. The summed E-state index contributed by atoms with van der Waals surface area (Å²) in [6, 6.07) is 12.0. The Hall–Kier alpha value is -1.59. The van der Waals surface area contributed by atoms with E-state index in [9.17, 15) is 0 Å². The molecule has 1 aromatic heterocycles. The van der Waals surface area contributed by atoms with Gasteiger partial charge in [0.05, 0.1) is 6.61 Å². The zero-order chi connectivity index (χ0) is 12.8. The van der Waals surface area contributed by atoms with E-state index >= 15 is 0 Å². The minimum absolute atomic E-state index is 0.113. The number of anilines is 1. The Balaban J connectivity index is 2.12. The first-order chi connectivity index (χ1) is 8.79. The average Bonchev–Trinajstić information content (AvgIpc) is 2.40. The molecule has 0 amide bonds. The van der Waals surface area contributed by atoms with Crippen LogP contribution >= 0.6 is 11.8 Å². The van der Waals surface area contributed by atoms with Gasteiger partial charge in [0.25, 0.3) is 0 Å². The molecule has 0 unspecified atom stereocenters. The summed E-state index contributed by atoms with van der Waals surface area (Å²) in [5, 5.41) is 9.81. The van der Waals surface area contributed by atoms with E-state index < -0.39 is 0 Å². The van der Waals surface area contributed by atoms with Gasteiger partial charge in [0, 0.05) is 24.6 Å². The first-order valence-corrected chi connectivity index (χ1v) is 6.48. The predicted octanol–water partition coefficient (Wildman–Crippen LogP) is 2.06. The minimum Gasteiger partial charge on any atom is -0.395 e. The molecule has 5 heteroatoms. The number of hydrogen-bond donors (Lipinski definition) is 1. The van der Waals surface area contributed by atoms with Crippen molar-refractivity contribution in [3.05, 3.63) is 42.7 Å². The lowest BCUT2D eigenvalue weighted by Gasteiger charge is -2.16. The molecule has 0 aliphatic heterocycles.